The molecular formula is C20H17NO2. The first kappa shape index (κ1) is 16.4. The molecular weight excluding hydrogens is 286 g/mol. The van der Waals surface area contributed by atoms with Crippen molar-refractivity contribution in [1.82, 2.24) is 0 Å². The summed E-state index contributed by atoms with van der Waals surface area (Å²) in [5, 5.41) is 8.53. The van der Waals surface area contributed by atoms with Gasteiger partial charge in [0.1, 0.15) is 12.4 Å². The molecule has 0 saturated heterocycles. The molecule has 114 valence electrons. The van der Waals surface area contributed by atoms with E-state index in [1.165, 1.54) is 0 Å². The third-order valence-electron chi connectivity index (χ3n) is 2.86. The van der Waals surface area contributed by atoms with E-state index in [0.717, 1.165) is 22.6 Å². The van der Waals surface area contributed by atoms with Crippen molar-refractivity contribution in [3.63, 3.8) is 0 Å². The number of aliphatic imine (C=N–C) groups is 1. The van der Waals surface area contributed by atoms with Gasteiger partial charge in [0.25, 0.3) is 0 Å². The van der Waals surface area contributed by atoms with Gasteiger partial charge in [-0.3, -0.25) is 4.99 Å². The summed E-state index contributed by atoms with van der Waals surface area (Å²) in [5.74, 6) is 11.5. The van der Waals surface area contributed by atoms with Gasteiger partial charge in [-0.05, 0) is 60.7 Å². The van der Waals surface area contributed by atoms with Crippen molar-refractivity contribution in [2.75, 3.05) is 13.2 Å². The van der Waals surface area contributed by atoms with Crippen LogP contribution in [-0.4, -0.2) is 24.5 Å². The predicted molar refractivity (Wildman–Crippen MR) is 93.0 cm³/mol. The minimum Gasteiger partial charge on any atom is -0.494 e. The van der Waals surface area contributed by atoms with E-state index >= 15 is 0 Å². The summed E-state index contributed by atoms with van der Waals surface area (Å²) in [6, 6.07) is 15.4. The van der Waals surface area contributed by atoms with Crippen LogP contribution in [0.15, 0.2) is 53.5 Å². The van der Waals surface area contributed by atoms with Gasteiger partial charge >= 0.3 is 0 Å². The molecule has 0 heterocycles. The highest BCUT2D eigenvalue weighted by Crippen LogP contribution is 2.18. The monoisotopic (exact) mass is 303 g/mol. The van der Waals surface area contributed by atoms with Crippen LogP contribution in [0, 0.1) is 23.7 Å². The first-order valence-corrected chi connectivity index (χ1v) is 7.28. The molecule has 0 unspecified atom stereocenters. The molecule has 0 saturated carbocycles. The summed E-state index contributed by atoms with van der Waals surface area (Å²) in [7, 11) is 0. The molecule has 23 heavy (non-hydrogen) atoms. The van der Waals surface area contributed by atoms with Crippen LogP contribution in [0.5, 0.6) is 5.75 Å². The second-order valence-electron chi connectivity index (χ2n) is 4.52. The minimum absolute atomic E-state index is 0.171. The molecule has 0 amide bonds. The maximum absolute atomic E-state index is 8.53. The van der Waals surface area contributed by atoms with Crippen LogP contribution >= 0.6 is 0 Å². The Kier molecular flexibility index (Phi) is 6.47. The molecule has 3 heteroatoms. The molecule has 0 atom stereocenters. The van der Waals surface area contributed by atoms with Crippen LogP contribution in [-0.2, 0) is 0 Å². The lowest BCUT2D eigenvalue weighted by atomic mass is 10.1. The SMILES string of the molecule is CCOc1ccc(N=Cc2ccc(C#CC#CCO)cc2)cc1. The van der Waals surface area contributed by atoms with E-state index in [9.17, 15) is 0 Å². The van der Waals surface area contributed by atoms with Crippen molar-refractivity contribution in [3.05, 3.63) is 59.7 Å². The van der Waals surface area contributed by atoms with E-state index in [-0.39, 0.29) is 6.61 Å². The number of benzene rings is 2. The Morgan fingerprint density at radius 3 is 2.43 bits per heavy atom. The van der Waals surface area contributed by atoms with Crippen LogP contribution in [0.3, 0.4) is 0 Å². The summed E-state index contributed by atoms with van der Waals surface area (Å²) in [6.45, 7) is 2.44. The van der Waals surface area contributed by atoms with Gasteiger partial charge in [-0.2, -0.15) is 0 Å². The predicted octanol–water partition coefficient (Wildman–Crippen LogP) is 3.18. The van der Waals surface area contributed by atoms with E-state index in [0.29, 0.717) is 6.61 Å². The van der Waals surface area contributed by atoms with Gasteiger partial charge in [-0.15, -0.1) is 0 Å². The first-order chi connectivity index (χ1) is 11.3. The number of aliphatic hydroxyl groups excluding tert-OH is 1. The number of hydrogen-bond acceptors (Lipinski definition) is 3. The van der Waals surface area contributed by atoms with Crippen molar-refractivity contribution < 1.29 is 9.84 Å². The van der Waals surface area contributed by atoms with Gasteiger partial charge in [-0.1, -0.05) is 24.0 Å². The summed E-state index contributed by atoms with van der Waals surface area (Å²) < 4.78 is 5.40. The first-order valence-electron chi connectivity index (χ1n) is 7.28. The van der Waals surface area contributed by atoms with Crippen molar-refractivity contribution in [2.24, 2.45) is 4.99 Å². The molecule has 0 aliphatic carbocycles. The Morgan fingerprint density at radius 2 is 1.78 bits per heavy atom. The zero-order valence-electron chi connectivity index (χ0n) is 12.9. The second-order valence-corrected chi connectivity index (χ2v) is 4.52. The maximum Gasteiger partial charge on any atom is 0.119 e. The largest absolute Gasteiger partial charge is 0.494 e. The number of ether oxygens (including phenoxy) is 1. The van der Waals surface area contributed by atoms with Crippen LogP contribution in [0.1, 0.15) is 18.1 Å². The van der Waals surface area contributed by atoms with Crippen molar-refractivity contribution in [2.45, 2.75) is 6.92 Å². The Morgan fingerprint density at radius 1 is 1.04 bits per heavy atom. The number of hydrogen-bond donors (Lipinski definition) is 1. The minimum atomic E-state index is -0.171. The third-order valence-corrected chi connectivity index (χ3v) is 2.86. The molecule has 0 aliphatic rings. The number of aliphatic hydroxyl groups is 1. The Labute approximate surface area is 136 Å². The Bertz CT molecular complexity index is 767. The molecule has 3 nitrogen and oxygen atoms in total. The quantitative estimate of drug-likeness (QED) is 0.696. The van der Waals surface area contributed by atoms with Gasteiger partial charge in [0.05, 0.1) is 12.3 Å². The third kappa shape index (κ3) is 5.71. The Balaban J connectivity index is 2.00. The highest BCUT2D eigenvalue weighted by molar-refractivity contribution is 5.82. The fourth-order valence-corrected chi connectivity index (χ4v) is 1.78. The van der Waals surface area contributed by atoms with E-state index in [1.807, 2.05) is 55.5 Å². The maximum atomic E-state index is 8.53. The summed E-state index contributed by atoms with van der Waals surface area (Å²) in [5.41, 5.74) is 2.73. The number of rotatable bonds is 4. The molecule has 0 aromatic heterocycles. The molecule has 0 aliphatic heterocycles. The molecule has 2 aromatic rings. The smallest absolute Gasteiger partial charge is 0.119 e. The molecule has 0 bridgehead atoms. The van der Waals surface area contributed by atoms with Crippen molar-refractivity contribution >= 4 is 11.9 Å². The number of nitrogens with zero attached hydrogens (tertiary/aromatic N) is 1. The highest BCUT2D eigenvalue weighted by atomic mass is 16.5. The lowest BCUT2D eigenvalue weighted by molar-refractivity contribution is 0.340. The lowest BCUT2D eigenvalue weighted by Crippen LogP contribution is -1.89. The normalized spacial score (nSPS) is 9.65. The zero-order valence-corrected chi connectivity index (χ0v) is 12.9. The van der Waals surface area contributed by atoms with Gasteiger partial charge in [-0.25, -0.2) is 0 Å². The van der Waals surface area contributed by atoms with Crippen LogP contribution < -0.4 is 4.74 Å². The van der Waals surface area contributed by atoms with E-state index in [1.54, 1.807) is 6.21 Å². The summed E-state index contributed by atoms with van der Waals surface area (Å²) in [6.07, 6.45) is 1.80. The highest BCUT2D eigenvalue weighted by Gasteiger charge is 1.93. The Hall–Kier alpha value is -3.01. The molecule has 0 radical (unpaired) electrons. The molecule has 2 aromatic carbocycles. The van der Waals surface area contributed by atoms with Gasteiger partial charge < -0.3 is 9.84 Å². The molecule has 0 fully saturated rings. The summed E-state index contributed by atoms with van der Waals surface area (Å²) in [4.78, 5) is 4.43. The molecule has 2 rings (SSSR count). The van der Waals surface area contributed by atoms with Gasteiger partial charge in [0.2, 0.25) is 0 Å². The average Bonchev–Trinajstić information content (AvgIpc) is 2.59. The standard InChI is InChI=1S/C20H17NO2/c1-2-23-20-13-11-19(12-14-20)21-16-18-9-7-17(8-10-18)6-4-3-5-15-22/h7-14,16,22H,2,15H2,1H3. The van der Waals surface area contributed by atoms with Gasteiger partial charge in [0, 0.05) is 11.8 Å². The fourth-order valence-electron chi connectivity index (χ4n) is 1.78. The van der Waals surface area contributed by atoms with Crippen LogP contribution in [0.4, 0.5) is 5.69 Å². The van der Waals surface area contributed by atoms with Gasteiger partial charge in [0.15, 0.2) is 0 Å². The topological polar surface area (TPSA) is 41.8 Å². The second kappa shape index (κ2) is 9.10. The van der Waals surface area contributed by atoms with E-state index in [2.05, 4.69) is 28.7 Å². The van der Waals surface area contributed by atoms with E-state index in [4.69, 9.17) is 9.84 Å². The lowest BCUT2D eigenvalue weighted by Gasteiger charge is -2.02. The summed E-state index contributed by atoms with van der Waals surface area (Å²) >= 11 is 0. The van der Waals surface area contributed by atoms with E-state index < -0.39 is 0 Å². The fraction of sp³-hybridized carbons (Fsp3) is 0.150. The van der Waals surface area contributed by atoms with Crippen molar-refractivity contribution in [3.8, 4) is 29.4 Å². The van der Waals surface area contributed by atoms with Crippen LogP contribution in [0.25, 0.3) is 0 Å². The average molecular weight is 303 g/mol. The zero-order chi connectivity index (χ0) is 16.3. The molecule has 1 N–H and O–H groups in total. The van der Waals surface area contributed by atoms with Crippen LogP contribution in [0.2, 0.25) is 0 Å². The van der Waals surface area contributed by atoms with Crippen molar-refractivity contribution in [1.29, 1.82) is 0 Å². The molecule has 0 spiro atoms.